The van der Waals surface area contributed by atoms with Gasteiger partial charge in [0.05, 0.1) is 18.0 Å². The number of carbonyl (C=O) groups is 1. The summed E-state index contributed by atoms with van der Waals surface area (Å²) in [5, 5.41) is 6.30. The second-order valence-corrected chi connectivity index (χ2v) is 10.9. The molecule has 0 spiro atoms. The number of nitrogens with zero attached hydrogens (tertiary/aromatic N) is 5. The van der Waals surface area contributed by atoms with E-state index in [9.17, 15) is 18.0 Å². The fourth-order valence-corrected chi connectivity index (χ4v) is 5.10. The van der Waals surface area contributed by atoms with Crippen molar-refractivity contribution in [2.75, 3.05) is 6.61 Å². The molecule has 0 aliphatic carbocycles. The highest BCUT2D eigenvalue weighted by atomic mass is 32.1. The summed E-state index contributed by atoms with van der Waals surface area (Å²) in [6, 6.07) is 19.1. The number of halogens is 3. The first-order valence-corrected chi connectivity index (χ1v) is 14.3. The Labute approximate surface area is 249 Å². The van der Waals surface area contributed by atoms with Crippen LogP contribution < -0.4 is 9.54 Å². The number of alkyl halides is 3. The van der Waals surface area contributed by atoms with Gasteiger partial charge in [-0.25, -0.2) is 14.5 Å². The Balaban J connectivity index is 1.18. The molecule has 5 aromatic rings. The van der Waals surface area contributed by atoms with Crippen LogP contribution in [-0.2, 0) is 11.2 Å². The van der Waals surface area contributed by atoms with Gasteiger partial charge in [-0.3, -0.25) is 4.57 Å². The summed E-state index contributed by atoms with van der Waals surface area (Å²) >= 11 is 1.37. The van der Waals surface area contributed by atoms with Gasteiger partial charge in [0.2, 0.25) is 4.80 Å². The van der Waals surface area contributed by atoms with Gasteiger partial charge in [0.1, 0.15) is 12.1 Å². The predicted molar refractivity (Wildman–Crippen MR) is 157 cm³/mol. The summed E-state index contributed by atoms with van der Waals surface area (Å²) in [4.78, 5) is 21.6. The molecule has 0 saturated heterocycles. The van der Waals surface area contributed by atoms with Gasteiger partial charge in [-0.05, 0) is 59.9 Å². The number of thiazole rings is 1. The molecule has 2 heterocycles. The van der Waals surface area contributed by atoms with Crippen molar-refractivity contribution >= 4 is 17.4 Å². The average Bonchev–Trinajstić information content (AvgIpc) is 3.63. The first kappa shape index (κ1) is 29.8. The van der Waals surface area contributed by atoms with Crippen molar-refractivity contribution in [3.8, 4) is 28.5 Å². The van der Waals surface area contributed by atoms with E-state index in [1.165, 1.54) is 46.6 Å². The Bertz CT molecular complexity index is 1770. The van der Waals surface area contributed by atoms with Crippen molar-refractivity contribution in [1.29, 1.82) is 0 Å². The van der Waals surface area contributed by atoms with Gasteiger partial charge in [-0.2, -0.15) is 0 Å². The molecule has 3 aromatic carbocycles. The minimum Gasteiger partial charge on any atom is -0.448 e. The van der Waals surface area contributed by atoms with Crippen molar-refractivity contribution in [2.24, 2.45) is 4.99 Å². The van der Waals surface area contributed by atoms with Crippen LogP contribution in [0.5, 0.6) is 5.75 Å². The molecular formula is C31H28F3N5O3S. The van der Waals surface area contributed by atoms with Gasteiger partial charge in [0.25, 0.3) is 0 Å². The number of amides is 1. The largest absolute Gasteiger partial charge is 0.573 e. The van der Waals surface area contributed by atoms with E-state index in [2.05, 4.69) is 51.9 Å². The zero-order valence-corrected chi connectivity index (χ0v) is 24.4. The molecule has 8 nitrogen and oxygen atoms in total. The fraction of sp³-hybridized carbons (Fsp3) is 0.226. The molecule has 2 aromatic heterocycles. The van der Waals surface area contributed by atoms with Crippen LogP contribution in [0.25, 0.3) is 22.8 Å². The SMILES string of the molecule is Cc1ccc(C(C)C)c(-n2ccsc2=NC(=O)OCCc2ccc(-c3ncn(-c4ccc(OC(F)(F)F)cc4)n3)cc2)c1. The Kier molecular flexibility index (Phi) is 8.76. The zero-order chi connectivity index (χ0) is 30.6. The topological polar surface area (TPSA) is 83.5 Å². The van der Waals surface area contributed by atoms with E-state index in [0.29, 0.717) is 28.7 Å². The van der Waals surface area contributed by atoms with Crippen LogP contribution in [-0.4, -0.2) is 38.4 Å². The number of aryl methyl sites for hydroxylation is 1. The molecule has 0 unspecified atom stereocenters. The minimum atomic E-state index is -4.75. The standard InChI is InChI=1S/C31H28F3N5O3S/c1-20(2)26-13-4-21(3)18-27(26)38-15-17-43-29(38)36-30(40)41-16-14-22-5-7-23(8-6-22)28-35-19-39(37-28)24-9-11-25(12-10-24)42-31(32,33)34/h4-13,15,17-20H,14,16H2,1-3H3. The van der Waals surface area contributed by atoms with Gasteiger partial charge in [-0.15, -0.1) is 34.6 Å². The summed E-state index contributed by atoms with van der Waals surface area (Å²) in [7, 11) is 0. The van der Waals surface area contributed by atoms with E-state index in [4.69, 9.17) is 4.74 Å². The van der Waals surface area contributed by atoms with E-state index in [-0.39, 0.29) is 12.4 Å². The third-order valence-corrected chi connectivity index (χ3v) is 7.26. The van der Waals surface area contributed by atoms with E-state index in [1.54, 1.807) is 0 Å². The van der Waals surface area contributed by atoms with Crippen LogP contribution >= 0.6 is 11.3 Å². The number of carbonyl (C=O) groups excluding carboxylic acids is 1. The lowest BCUT2D eigenvalue weighted by Crippen LogP contribution is -2.17. The second kappa shape index (κ2) is 12.7. The Morgan fingerprint density at radius 3 is 2.49 bits per heavy atom. The molecule has 1 amide bonds. The molecule has 0 saturated carbocycles. The summed E-state index contributed by atoms with van der Waals surface area (Å²) in [6.45, 7) is 6.45. The monoisotopic (exact) mass is 607 g/mol. The quantitative estimate of drug-likeness (QED) is 0.184. The molecule has 222 valence electrons. The molecule has 12 heteroatoms. The molecule has 0 aliphatic heterocycles. The number of aromatic nitrogens is 4. The van der Waals surface area contributed by atoms with E-state index in [0.717, 1.165) is 27.9 Å². The number of hydrogen-bond acceptors (Lipinski definition) is 6. The van der Waals surface area contributed by atoms with Crippen LogP contribution in [0.2, 0.25) is 0 Å². The predicted octanol–water partition coefficient (Wildman–Crippen LogP) is 7.40. The fourth-order valence-electron chi connectivity index (χ4n) is 4.39. The number of rotatable bonds is 8. The van der Waals surface area contributed by atoms with E-state index >= 15 is 0 Å². The van der Waals surface area contributed by atoms with Gasteiger partial charge < -0.3 is 9.47 Å². The molecule has 0 bridgehead atoms. The third-order valence-electron chi connectivity index (χ3n) is 6.50. The summed E-state index contributed by atoms with van der Waals surface area (Å²) in [5.74, 6) is 0.443. The van der Waals surface area contributed by atoms with Crippen molar-refractivity contribution in [3.63, 3.8) is 0 Å². The Morgan fingerprint density at radius 1 is 1.05 bits per heavy atom. The summed E-state index contributed by atoms with van der Waals surface area (Å²) < 4.78 is 49.8. The van der Waals surface area contributed by atoms with Crippen LogP contribution in [0.1, 0.15) is 36.5 Å². The lowest BCUT2D eigenvalue weighted by molar-refractivity contribution is -0.274. The van der Waals surface area contributed by atoms with Crippen LogP contribution in [0, 0.1) is 6.92 Å². The highest BCUT2D eigenvalue weighted by Gasteiger charge is 2.31. The maximum absolute atomic E-state index is 12.5. The molecule has 0 radical (unpaired) electrons. The normalized spacial score (nSPS) is 12.1. The second-order valence-electron chi connectivity index (χ2n) is 10.0. The minimum absolute atomic E-state index is 0.162. The van der Waals surface area contributed by atoms with Crippen LogP contribution in [0.4, 0.5) is 18.0 Å². The lowest BCUT2D eigenvalue weighted by Gasteiger charge is -2.14. The maximum atomic E-state index is 12.5. The van der Waals surface area contributed by atoms with Crippen molar-refractivity contribution in [2.45, 2.75) is 39.5 Å². The molecule has 5 rings (SSSR count). The molecule has 0 atom stereocenters. The summed E-state index contributed by atoms with van der Waals surface area (Å²) in [5.41, 5.74) is 5.52. The van der Waals surface area contributed by atoms with E-state index < -0.39 is 12.5 Å². The smallest absolute Gasteiger partial charge is 0.448 e. The van der Waals surface area contributed by atoms with Gasteiger partial charge >= 0.3 is 12.5 Å². The van der Waals surface area contributed by atoms with Crippen LogP contribution in [0.15, 0.2) is 89.6 Å². The van der Waals surface area contributed by atoms with Gasteiger partial charge in [0, 0.05) is 23.6 Å². The molecule has 43 heavy (non-hydrogen) atoms. The molecule has 0 fully saturated rings. The zero-order valence-electron chi connectivity index (χ0n) is 23.6. The van der Waals surface area contributed by atoms with Gasteiger partial charge in [0.15, 0.2) is 5.82 Å². The van der Waals surface area contributed by atoms with E-state index in [1.807, 2.05) is 47.3 Å². The molecular weight excluding hydrogens is 579 g/mol. The average molecular weight is 608 g/mol. The molecule has 0 aliphatic rings. The van der Waals surface area contributed by atoms with Gasteiger partial charge in [-0.1, -0.05) is 50.2 Å². The first-order valence-electron chi connectivity index (χ1n) is 13.4. The number of ether oxygens (including phenoxy) is 2. The third kappa shape index (κ3) is 7.58. The maximum Gasteiger partial charge on any atom is 0.573 e. The summed E-state index contributed by atoms with van der Waals surface area (Å²) in [6.07, 6.45) is -1.53. The number of benzene rings is 3. The molecule has 0 N–H and O–H groups in total. The van der Waals surface area contributed by atoms with Crippen molar-refractivity contribution < 1.29 is 27.4 Å². The first-order chi connectivity index (χ1) is 20.6. The Hall–Kier alpha value is -4.71. The lowest BCUT2D eigenvalue weighted by atomic mass is 9.99. The van der Waals surface area contributed by atoms with Crippen LogP contribution in [0.3, 0.4) is 0 Å². The Morgan fingerprint density at radius 2 is 1.79 bits per heavy atom. The highest BCUT2D eigenvalue weighted by Crippen LogP contribution is 2.25. The number of hydrogen-bond donors (Lipinski definition) is 0. The highest BCUT2D eigenvalue weighted by molar-refractivity contribution is 7.07. The van der Waals surface area contributed by atoms with Crippen molar-refractivity contribution in [1.82, 2.24) is 19.3 Å². The van der Waals surface area contributed by atoms with Crippen molar-refractivity contribution in [3.05, 3.63) is 106 Å².